The molecular formula is C19H30IN5S. The average molecular weight is 487 g/mol. The standard InChI is InChI=1S/C19H29N5S.HI/c1-15-23-16-8-4-5-9-17(16)24(15)12-7-11-21-18(20-3)22-14-19(2)10-6-13-25-19;/h4-5,8-9H,6-7,10-14H2,1-3H3,(H2,20,21,22);1H. The molecule has 26 heavy (non-hydrogen) atoms. The number of rotatable bonds is 6. The van der Waals surface area contributed by atoms with E-state index in [0.717, 1.165) is 43.4 Å². The highest BCUT2D eigenvalue weighted by Crippen LogP contribution is 2.36. The van der Waals surface area contributed by atoms with Crippen LogP contribution in [0.1, 0.15) is 32.0 Å². The molecule has 1 unspecified atom stereocenters. The largest absolute Gasteiger partial charge is 0.356 e. The topological polar surface area (TPSA) is 54.2 Å². The Kier molecular flexibility index (Phi) is 8.06. The van der Waals surface area contributed by atoms with Crippen molar-refractivity contribution in [3.05, 3.63) is 30.1 Å². The Balaban J connectivity index is 0.00000243. The summed E-state index contributed by atoms with van der Waals surface area (Å²) in [4.78, 5) is 8.98. The van der Waals surface area contributed by atoms with Gasteiger partial charge in [0.05, 0.1) is 11.0 Å². The van der Waals surface area contributed by atoms with Gasteiger partial charge >= 0.3 is 0 Å². The summed E-state index contributed by atoms with van der Waals surface area (Å²) in [5.41, 5.74) is 2.29. The number of guanidine groups is 1. The highest BCUT2D eigenvalue weighted by molar-refractivity contribution is 14.0. The van der Waals surface area contributed by atoms with Gasteiger partial charge in [0, 0.05) is 31.4 Å². The first-order valence-electron chi connectivity index (χ1n) is 9.12. The lowest BCUT2D eigenvalue weighted by atomic mass is 10.1. The van der Waals surface area contributed by atoms with E-state index in [1.54, 1.807) is 0 Å². The van der Waals surface area contributed by atoms with Crippen LogP contribution in [0.4, 0.5) is 0 Å². The molecular weight excluding hydrogens is 457 g/mol. The maximum absolute atomic E-state index is 4.63. The van der Waals surface area contributed by atoms with Crippen molar-refractivity contribution in [3.8, 4) is 0 Å². The van der Waals surface area contributed by atoms with E-state index in [2.05, 4.69) is 69.0 Å². The molecule has 0 aliphatic carbocycles. The van der Waals surface area contributed by atoms with Crippen molar-refractivity contribution in [2.75, 3.05) is 25.9 Å². The van der Waals surface area contributed by atoms with Crippen molar-refractivity contribution < 1.29 is 0 Å². The van der Waals surface area contributed by atoms with Gasteiger partial charge < -0.3 is 15.2 Å². The molecule has 1 aromatic heterocycles. The lowest BCUT2D eigenvalue weighted by molar-refractivity contribution is 0.579. The van der Waals surface area contributed by atoms with Gasteiger partial charge in [-0.25, -0.2) is 4.98 Å². The van der Waals surface area contributed by atoms with Crippen molar-refractivity contribution in [1.82, 2.24) is 20.2 Å². The molecule has 0 radical (unpaired) electrons. The zero-order valence-corrected chi connectivity index (χ0v) is 19.1. The highest BCUT2D eigenvalue weighted by atomic mass is 127. The Hall–Kier alpha value is -0.960. The summed E-state index contributed by atoms with van der Waals surface area (Å²) in [6.45, 7) is 7.26. The predicted molar refractivity (Wildman–Crippen MR) is 124 cm³/mol. The van der Waals surface area contributed by atoms with Crippen molar-refractivity contribution in [3.63, 3.8) is 0 Å². The summed E-state index contributed by atoms with van der Waals surface area (Å²) in [6, 6.07) is 8.33. The lowest BCUT2D eigenvalue weighted by Gasteiger charge is -2.24. The molecule has 3 rings (SSSR count). The first kappa shape index (κ1) is 21.3. The molecule has 0 saturated carbocycles. The number of aliphatic imine (C=N–C) groups is 1. The number of halogens is 1. The Labute approximate surface area is 177 Å². The zero-order chi connectivity index (χ0) is 17.7. The van der Waals surface area contributed by atoms with Gasteiger partial charge in [-0.2, -0.15) is 11.8 Å². The normalized spacial score (nSPS) is 20.2. The second-order valence-electron chi connectivity index (χ2n) is 6.91. The van der Waals surface area contributed by atoms with Gasteiger partial charge in [0.15, 0.2) is 5.96 Å². The molecule has 0 bridgehead atoms. The molecule has 0 spiro atoms. The number of aryl methyl sites for hydroxylation is 2. The average Bonchev–Trinajstić information content (AvgIpc) is 3.18. The van der Waals surface area contributed by atoms with E-state index in [9.17, 15) is 0 Å². The molecule has 1 saturated heterocycles. The van der Waals surface area contributed by atoms with E-state index < -0.39 is 0 Å². The molecule has 0 amide bonds. The van der Waals surface area contributed by atoms with Crippen molar-refractivity contribution in [2.45, 2.75) is 44.4 Å². The van der Waals surface area contributed by atoms with Crippen LogP contribution in [0.3, 0.4) is 0 Å². The Morgan fingerprint density at radius 3 is 2.88 bits per heavy atom. The van der Waals surface area contributed by atoms with Crippen LogP contribution in [0.15, 0.2) is 29.3 Å². The fourth-order valence-corrected chi connectivity index (χ4v) is 4.63. The number of hydrogen-bond donors (Lipinski definition) is 2. The quantitative estimate of drug-likeness (QED) is 0.282. The number of imidazole rings is 1. The molecule has 1 aliphatic heterocycles. The van der Waals surface area contributed by atoms with Crippen LogP contribution in [0.25, 0.3) is 11.0 Å². The van der Waals surface area contributed by atoms with Crippen LogP contribution < -0.4 is 10.6 Å². The van der Waals surface area contributed by atoms with E-state index >= 15 is 0 Å². The van der Waals surface area contributed by atoms with Gasteiger partial charge in [0.2, 0.25) is 0 Å². The van der Waals surface area contributed by atoms with Gasteiger partial charge in [-0.15, -0.1) is 24.0 Å². The van der Waals surface area contributed by atoms with Crippen LogP contribution in [0.5, 0.6) is 0 Å². The number of nitrogens with zero attached hydrogens (tertiary/aromatic N) is 3. The number of aromatic nitrogens is 2. The van der Waals surface area contributed by atoms with Gasteiger partial charge in [-0.05, 0) is 51.0 Å². The number of nitrogens with one attached hydrogen (secondary N) is 2. The molecule has 5 nitrogen and oxygen atoms in total. The third kappa shape index (κ3) is 5.28. The molecule has 1 atom stereocenters. The molecule has 2 aromatic rings. The Morgan fingerprint density at radius 2 is 2.15 bits per heavy atom. The number of benzene rings is 1. The number of hydrogen-bond acceptors (Lipinski definition) is 3. The van der Waals surface area contributed by atoms with E-state index in [-0.39, 0.29) is 24.0 Å². The second kappa shape index (κ2) is 9.82. The number of para-hydroxylation sites is 2. The molecule has 1 aliphatic rings. The Morgan fingerprint density at radius 1 is 1.35 bits per heavy atom. The number of thioether (sulfide) groups is 1. The molecule has 2 N–H and O–H groups in total. The summed E-state index contributed by atoms with van der Waals surface area (Å²) in [5, 5.41) is 6.92. The highest BCUT2D eigenvalue weighted by Gasteiger charge is 2.29. The first-order chi connectivity index (χ1) is 12.1. The second-order valence-corrected chi connectivity index (χ2v) is 8.59. The maximum Gasteiger partial charge on any atom is 0.191 e. The third-order valence-electron chi connectivity index (χ3n) is 4.85. The number of fused-ring (bicyclic) bond motifs is 1. The SMILES string of the molecule is CN=C(NCCCn1c(C)nc2ccccc21)NCC1(C)CCCS1.I. The van der Waals surface area contributed by atoms with E-state index in [1.165, 1.54) is 24.1 Å². The zero-order valence-electron chi connectivity index (χ0n) is 15.9. The van der Waals surface area contributed by atoms with Crippen molar-refractivity contribution in [1.29, 1.82) is 0 Å². The monoisotopic (exact) mass is 487 g/mol. The summed E-state index contributed by atoms with van der Waals surface area (Å²) in [7, 11) is 1.84. The summed E-state index contributed by atoms with van der Waals surface area (Å²) < 4.78 is 2.65. The van der Waals surface area contributed by atoms with Gasteiger partial charge in [0.25, 0.3) is 0 Å². The van der Waals surface area contributed by atoms with E-state index in [0.29, 0.717) is 4.75 Å². The minimum atomic E-state index is 0. The molecule has 144 valence electrons. The summed E-state index contributed by atoms with van der Waals surface area (Å²) in [5.74, 6) is 3.26. The first-order valence-corrected chi connectivity index (χ1v) is 10.1. The maximum atomic E-state index is 4.63. The summed E-state index contributed by atoms with van der Waals surface area (Å²) >= 11 is 2.07. The van der Waals surface area contributed by atoms with Crippen molar-refractivity contribution in [2.24, 2.45) is 4.99 Å². The van der Waals surface area contributed by atoms with Crippen LogP contribution in [-0.4, -0.2) is 46.1 Å². The van der Waals surface area contributed by atoms with Crippen LogP contribution in [-0.2, 0) is 6.54 Å². The predicted octanol–water partition coefficient (Wildman–Crippen LogP) is 3.80. The van der Waals surface area contributed by atoms with Crippen LogP contribution >= 0.6 is 35.7 Å². The fraction of sp³-hybridized carbons (Fsp3) is 0.579. The summed E-state index contributed by atoms with van der Waals surface area (Å²) in [6.07, 6.45) is 3.65. The van der Waals surface area contributed by atoms with Crippen LogP contribution in [0, 0.1) is 6.92 Å². The van der Waals surface area contributed by atoms with Gasteiger partial charge in [0.1, 0.15) is 5.82 Å². The molecule has 7 heteroatoms. The van der Waals surface area contributed by atoms with Crippen molar-refractivity contribution >= 4 is 52.7 Å². The molecule has 1 aromatic carbocycles. The Bertz CT molecular complexity index is 737. The van der Waals surface area contributed by atoms with Crippen LogP contribution in [0.2, 0.25) is 0 Å². The smallest absolute Gasteiger partial charge is 0.191 e. The third-order valence-corrected chi connectivity index (χ3v) is 6.39. The molecule has 1 fully saturated rings. The minimum absolute atomic E-state index is 0. The minimum Gasteiger partial charge on any atom is -0.356 e. The lowest BCUT2D eigenvalue weighted by Crippen LogP contribution is -2.44. The van der Waals surface area contributed by atoms with E-state index in [4.69, 9.17) is 0 Å². The fourth-order valence-electron chi connectivity index (χ4n) is 3.39. The van der Waals surface area contributed by atoms with Gasteiger partial charge in [-0.1, -0.05) is 12.1 Å². The van der Waals surface area contributed by atoms with E-state index in [1.807, 2.05) is 13.1 Å². The molecule has 2 heterocycles. The van der Waals surface area contributed by atoms with Gasteiger partial charge in [-0.3, -0.25) is 4.99 Å².